The molecule has 5 heteroatoms. The van der Waals surface area contributed by atoms with Gasteiger partial charge in [0.2, 0.25) is 5.85 Å². The van der Waals surface area contributed by atoms with Gasteiger partial charge in [0.05, 0.1) is 7.11 Å². The molecule has 1 fully saturated rings. The van der Waals surface area contributed by atoms with Gasteiger partial charge in [-0.05, 0) is 17.6 Å². The number of hydrogen-bond donors (Lipinski definition) is 1. The zero-order valence-corrected chi connectivity index (χ0v) is 15.7. The number of methoxy groups -OCH3 is 1. The molecule has 1 N–H and O–H groups in total. The highest BCUT2D eigenvalue weighted by Gasteiger charge is 2.50. The van der Waals surface area contributed by atoms with Crippen LogP contribution in [0.2, 0.25) is 0 Å². The first-order valence-electron chi connectivity index (χ1n) is 9.09. The van der Waals surface area contributed by atoms with Crippen LogP contribution in [0.15, 0.2) is 36.0 Å². The maximum Gasteiger partial charge on any atom is 0.273 e. The number of hydrogen-bond acceptors (Lipinski definition) is 4. The summed E-state index contributed by atoms with van der Waals surface area (Å²) in [6.07, 6.45) is 7.00. The first-order chi connectivity index (χ1) is 12.1. The summed E-state index contributed by atoms with van der Waals surface area (Å²) in [5.41, 5.74) is 1.40. The molecule has 1 aromatic rings. The van der Waals surface area contributed by atoms with Crippen LogP contribution >= 0.6 is 0 Å². The van der Waals surface area contributed by atoms with E-state index in [0.717, 1.165) is 24.8 Å². The van der Waals surface area contributed by atoms with Crippen molar-refractivity contribution in [2.24, 2.45) is 5.92 Å². The Morgan fingerprint density at radius 2 is 1.96 bits per heavy atom. The van der Waals surface area contributed by atoms with Gasteiger partial charge >= 0.3 is 0 Å². The third-order valence-corrected chi connectivity index (χ3v) is 4.82. The maximum absolute atomic E-state index is 12.6. The Hall–Kier alpha value is -1.85. The monoisotopic (exact) mass is 346 g/mol. The van der Waals surface area contributed by atoms with E-state index >= 15 is 0 Å². The summed E-state index contributed by atoms with van der Waals surface area (Å²) in [7, 11) is 3.18. The van der Waals surface area contributed by atoms with E-state index in [-0.39, 0.29) is 5.91 Å². The molecule has 0 bridgehead atoms. The molecule has 5 nitrogen and oxygen atoms in total. The molecule has 0 aliphatic carbocycles. The van der Waals surface area contributed by atoms with Crippen LogP contribution in [-0.2, 0) is 14.4 Å². The summed E-state index contributed by atoms with van der Waals surface area (Å²) in [4.78, 5) is 18.2. The van der Waals surface area contributed by atoms with Crippen LogP contribution in [0, 0.1) is 5.92 Å². The van der Waals surface area contributed by atoms with Gasteiger partial charge in [-0.2, -0.15) is 5.06 Å². The number of carbonyl (C=O) groups excluding carboxylic acids is 1. The normalized spacial score (nSPS) is 23.1. The van der Waals surface area contributed by atoms with Gasteiger partial charge in [0.1, 0.15) is 5.70 Å². The number of nitrogens with zero attached hydrogens (tertiary/aromatic N) is 1. The van der Waals surface area contributed by atoms with Crippen molar-refractivity contribution in [3.8, 4) is 0 Å². The fourth-order valence-electron chi connectivity index (χ4n) is 3.34. The van der Waals surface area contributed by atoms with Crippen LogP contribution in [0.1, 0.15) is 51.5 Å². The standard InChI is InChI=1S/C20H30N2O3/c1-5-7-11-16(6-2)15-20(24-3)21-19(23)18(22(20)25-4)14-17-12-9-8-10-13-17/h8-10,12-14,16H,5-7,11,15H2,1-4H3,(H,21,23). The van der Waals surface area contributed by atoms with Crippen molar-refractivity contribution in [1.29, 1.82) is 0 Å². The summed E-state index contributed by atoms with van der Waals surface area (Å²) in [6, 6.07) is 9.74. The molecule has 25 heavy (non-hydrogen) atoms. The zero-order valence-electron chi connectivity index (χ0n) is 15.7. The van der Waals surface area contributed by atoms with Crippen LogP contribution in [0.25, 0.3) is 6.08 Å². The van der Waals surface area contributed by atoms with Crippen molar-refractivity contribution in [3.63, 3.8) is 0 Å². The second kappa shape index (κ2) is 9.02. The van der Waals surface area contributed by atoms with Crippen molar-refractivity contribution in [2.45, 2.75) is 51.8 Å². The van der Waals surface area contributed by atoms with E-state index in [1.165, 1.54) is 6.42 Å². The first-order valence-corrected chi connectivity index (χ1v) is 9.09. The van der Waals surface area contributed by atoms with Crippen molar-refractivity contribution >= 4 is 12.0 Å². The lowest BCUT2D eigenvalue weighted by molar-refractivity contribution is -0.268. The van der Waals surface area contributed by atoms with Gasteiger partial charge in [0.15, 0.2) is 0 Å². The van der Waals surface area contributed by atoms with Crippen LogP contribution in [-0.4, -0.2) is 31.0 Å². The minimum absolute atomic E-state index is 0.183. The van der Waals surface area contributed by atoms with Crippen LogP contribution in [0.3, 0.4) is 0 Å². The molecule has 1 saturated heterocycles. The molecule has 1 amide bonds. The lowest BCUT2D eigenvalue weighted by Crippen LogP contribution is -2.54. The van der Waals surface area contributed by atoms with Gasteiger partial charge in [-0.1, -0.05) is 69.9 Å². The Morgan fingerprint density at radius 3 is 2.52 bits per heavy atom. The Morgan fingerprint density at radius 1 is 1.24 bits per heavy atom. The van der Waals surface area contributed by atoms with Gasteiger partial charge in [-0.15, -0.1) is 0 Å². The number of carbonyl (C=O) groups is 1. The highest BCUT2D eigenvalue weighted by Crippen LogP contribution is 2.35. The van der Waals surface area contributed by atoms with Crippen molar-refractivity contribution in [3.05, 3.63) is 41.6 Å². The lowest BCUT2D eigenvalue weighted by Gasteiger charge is -2.37. The highest BCUT2D eigenvalue weighted by molar-refractivity contribution is 5.99. The largest absolute Gasteiger partial charge is 0.340 e. The average molecular weight is 346 g/mol. The molecule has 1 aliphatic heterocycles. The number of benzene rings is 1. The third kappa shape index (κ3) is 4.41. The second-order valence-corrected chi connectivity index (χ2v) is 6.48. The molecule has 1 aromatic carbocycles. The number of unbranched alkanes of at least 4 members (excludes halogenated alkanes) is 1. The van der Waals surface area contributed by atoms with Crippen LogP contribution < -0.4 is 5.32 Å². The lowest BCUT2D eigenvalue weighted by atomic mass is 9.93. The van der Waals surface area contributed by atoms with Gasteiger partial charge in [0, 0.05) is 13.5 Å². The molecule has 0 saturated carbocycles. The molecule has 2 atom stereocenters. The Labute approximate surface area is 150 Å². The quantitative estimate of drug-likeness (QED) is 0.689. The predicted molar refractivity (Wildman–Crippen MR) is 99.1 cm³/mol. The van der Waals surface area contributed by atoms with E-state index < -0.39 is 5.85 Å². The minimum atomic E-state index is -0.957. The fourth-order valence-corrected chi connectivity index (χ4v) is 3.34. The predicted octanol–water partition coefficient (Wildman–Crippen LogP) is 3.93. The van der Waals surface area contributed by atoms with Gasteiger partial charge in [-0.3, -0.25) is 9.63 Å². The molecule has 1 aliphatic rings. The highest BCUT2D eigenvalue weighted by atomic mass is 16.7. The molecule has 0 spiro atoms. The van der Waals surface area contributed by atoms with E-state index in [9.17, 15) is 4.79 Å². The van der Waals surface area contributed by atoms with E-state index in [1.54, 1.807) is 19.3 Å². The van der Waals surface area contributed by atoms with Crippen molar-refractivity contribution in [2.75, 3.05) is 14.2 Å². The van der Waals surface area contributed by atoms with E-state index in [2.05, 4.69) is 19.2 Å². The molecule has 138 valence electrons. The average Bonchev–Trinajstić information content (AvgIpc) is 2.90. The number of rotatable bonds is 9. The topological polar surface area (TPSA) is 50.8 Å². The summed E-state index contributed by atoms with van der Waals surface area (Å²) < 4.78 is 5.78. The Kier molecular flexibility index (Phi) is 7.02. The van der Waals surface area contributed by atoms with E-state index in [4.69, 9.17) is 9.57 Å². The first kappa shape index (κ1) is 19.5. The second-order valence-electron chi connectivity index (χ2n) is 6.48. The number of ether oxygens (including phenoxy) is 1. The SMILES string of the molecule is CCCCC(CC)CC1(OC)NC(=O)C(=Cc2ccccc2)N1OC. The number of nitrogens with one attached hydrogen (secondary N) is 1. The van der Waals surface area contributed by atoms with E-state index in [0.29, 0.717) is 18.0 Å². The number of amides is 1. The minimum Gasteiger partial charge on any atom is -0.340 e. The molecule has 1 heterocycles. The molecule has 0 radical (unpaired) electrons. The third-order valence-electron chi connectivity index (χ3n) is 4.82. The summed E-state index contributed by atoms with van der Waals surface area (Å²) >= 11 is 0. The summed E-state index contributed by atoms with van der Waals surface area (Å²) in [5, 5.41) is 4.58. The number of hydroxylamine groups is 2. The fraction of sp³-hybridized carbons (Fsp3) is 0.550. The molecule has 2 rings (SSSR count). The Balaban J connectivity index is 2.29. The maximum atomic E-state index is 12.6. The van der Waals surface area contributed by atoms with Crippen molar-refractivity contribution in [1.82, 2.24) is 10.4 Å². The Bertz CT molecular complexity index is 588. The molecule has 0 aromatic heterocycles. The summed E-state index contributed by atoms with van der Waals surface area (Å²) in [6.45, 7) is 4.37. The van der Waals surface area contributed by atoms with E-state index in [1.807, 2.05) is 36.4 Å². The molecular weight excluding hydrogens is 316 g/mol. The van der Waals surface area contributed by atoms with Gasteiger partial charge in [0.25, 0.3) is 5.91 Å². The molecule has 2 unspecified atom stereocenters. The van der Waals surface area contributed by atoms with Crippen LogP contribution in [0.4, 0.5) is 0 Å². The smallest absolute Gasteiger partial charge is 0.273 e. The van der Waals surface area contributed by atoms with Gasteiger partial charge < -0.3 is 10.1 Å². The summed E-state index contributed by atoms with van der Waals surface area (Å²) in [5.74, 6) is -0.687. The van der Waals surface area contributed by atoms with Crippen molar-refractivity contribution < 1.29 is 14.4 Å². The zero-order chi connectivity index (χ0) is 18.3. The molecular formula is C20H30N2O3. The van der Waals surface area contributed by atoms with Crippen LogP contribution in [0.5, 0.6) is 0 Å². The van der Waals surface area contributed by atoms with Gasteiger partial charge in [-0.25, -0.2) is 0 Å².